The molecule has 4 nitrogen and oxygen atoms in total. The third-order valence-corrected chi connectivity index (χ3v) is 1.59. The molecule has 0 saturated carbocycles. The summed E-state index contributed by atoms with van der Waals surface area (Å²) in [5, 5.41) is -0.415. The molecule has 0 aliphatic heterocycles. The van der Waals surface area contributed by atoms with Crippen LogP contribution in [0, 0.1) is 0 Å². The third-order valence-electron chi connectivity index (χ3n) is 0.948. The molecule has 0 N–H and O–H groups in total. The number of rotatable bonds is 4. The van der Waals surface area contributed by atoms with Gasteiger partial charge in [0.2, 0.25) is 6.79 Å². The molecule has 0 unspecified atom stereocenters. The Bertz CT molecular complexity index is 157. The lowest BCUT2D eigenvalue weighted by molar-refractivity contribution is -0.150. The second-order valence-electron chi connectivity index (χ2n) is 1.82. The Balaban J connectivity index is 3.30. The van der Waals surface area contributed by atoms with E-state index in [0.29, 0.717) is 12.2 Å². The van der Waals surface area contributed by atoms with Gasteiger partial charge in [0, 0.05) is 12.2 Å². The second-order valence-corrected chi connectivity index (χ2v) is 3.01. The molecule has 5 heteroatoms. The van der Waals surface area contributed by atoms with Crippen molar-refractivity contribution in [2.45, 2.75) is 20.3 Å². The molecule has 0 radical (unpaired) electrons. The molecule has 0 amide bonds. The number of esters is 1. The van der Waals surface area contributed by atoms with Crippen LogP contribution in [0.25, 0.3) is 0 Å². The minimum Gasteiger partial charge on any atom is -0.428 e. The van der Waals surface area contributed by atoms with E-state index in [9.17, 15) is 9.59 Å². The first kappa shape index (κ1) is 11.3. The molecule has 0 bridgehead atoms. The van der Waals surface area contributed by atoms with Crippen molar-refractivity contribution >= 4 is 23.0 Å². The number of hydrogen-bond donors (Lipinski definition) is 0. The number of hydrogen-bond acceptors (Lipinski definition) is 5. The molecular weight excluding hydrogens is 180 g/mol. The molecular formula is C7H12O4S. The molecule has 12 heavy (non-hydrogen) atoms. The smallest absolute Gasteiger partial charge is 0.370 e. The fourth-order valence-corrected chi connectivity index (χ4v) is 0.772. The molecule has 70 valence electrons. The van der Waals surface area contributed by atoms with Crippen LogP contribution in [0.4, 0.5) is 4.79 Å². The first-order valence-electron chi connectivity index (χ1n) is 3.65. The van der Waals surface area contributed by atoms with Gasteiger partial charge in [-0.1, -0.05) is 13.8 Å². The van der Waals surface area contributed by atoms with E-state index in [-0.39, 0.29) is 12.8 Å². The summed E-state index contributed by atoms with van der Waals surface area (Å²) in [5.74, 6) is 0.282. The van der Waals surface area contributed by atoms with Gasteiger partial charge in [-0.3, -0.25) is 4.79 Å². The zero-order chi connectivity index (χ0) is 9.40. The van der Waals surface area contributed by atoms with Gasteiger partial charge in [0.1, 0.15) is 0 Å². The maximum atomic E-state index is 10.7. The summed E-state index contributed by atoms with van der Waals surface area (Å²) in [4.78, 5) is 21.2. The highest BCUT2D eigenvalue weighted by molar-refractivity contribution is 8.13. The molecule has 0 aliphatic rings. The lowest BCUT2D eigenvalue weighted by Crippen LogP contribution is -2.08. The molecule has 0 fully saturated rings. The summed E-state index contributed by atoms with van der Waals surface area (Å²) in [7, 11) is 0. The average molecular weight is 192 g/mol. The van der Waals surface area contributed by atoms with Gasteiger partial charge in [-0.2, -0.15) is 0 Å². The van der Waals surface area contributed by atoms with Crippen LogP contribution < -0.4 is 0 Å². The van der Waals surface area contributed by atoms with Crippen molar-refractivity contribution in [2.75, 3.05) is 12.5 Å². The van der Waals surface area contributed by atoms with Crippen molar-refractivity contribution < 1.29 is 19.1 Å². The van der Waals surface area contributed by atoms with Crippen molar-refractivity contribution in [1.29, 1.82) is 0 Å². The summed E-state index contributed by atoms with van der Waals surface area (Å²) in [6.07, 6.45) is 0.290. The van der Waals surface area contributed by atoms with Gasteiger partial charge in [0.05, 0.1) is 0 Å². The summed E-state index contributed by atoms with van der Waals surface area (Å²) in [6, 6.07) is 0. The zero-order valence-electron chi connectivity index (χ0n) is 7.16. The Kier molecular flexibility index (Phi) is 6.55. The molecule has 0 atom stereocenters. The molecule has 0 saturated heterocycles. The van der Waals surface area contributed by atoms with E-state index in [1.54, 1.807) is 6.92 Å². The largest absolute Gasteiger partial charge is 0.428 e. The Hall–Kier alpha value is -0.710. The standard InChI is InChI=1S/C7H12O4S/c1-3-6(8)10-5-11-7(9)12-4-2/h3-5H2,1-2H3. The molecule has 0 aliphatic carbocycles. The Morgan fingerprint density at radius 1 is 1.25 bits per heavy atom. The van der Waals surface area contributed by atoms with Crippen LogP contribution in [0.15, 0.2) is 0 Å². The first-order valence-corrected chi connectivity index (χ1v) is 4.64. The molecule has 0 heterocycles. The highest BCUT2D eigenvalue weighted by Crippen LogP contribution is 2.03. The van der Waals surface area contributed by atoms with E-state index >= 15 is 0 Å². The van der Waals surface area contributed by atoms with Gasteiger partial charge in [-0.05, 0) is 11.8 Å². The Labute approximate surface area is 75.6 Å². The van der Waals surface area contributed by atoms with E-state index in [1.807, 2.05) is 6.92 Å². The lowest BCUT2D eigenvalue weighted by Gasteiger charge is -2.03. The minimum atomic E-state index is -0.415. The van der Waals surface area contributed by atoms with Crippen molar-refractivity contribution in [3.63, 3.8) is 0 Å². The fraction of sp³-hybridized carbons (Fsp3) is 0.714. The summed E-state index contributed by atoms with van der Waals surface area (Å²) < 4.78 is 9.05. The summed E-state index contributed by atoms with van der Waals surface area (Å²) in [6.45, 7) is 3.23. The molecule has 0 aromatic heterocycles. The van der Waals surface area contributed by atoms with Crippen LogP contribution in [-0.2, 0) is 14.3 Å². The maximum Gasteiger partial charge on any atom is 0.370 e. The van der Waals surface area contributed by atoms with Gasteiger partial charge >= 0.3 is 11.3 Å². The highest BCUT2D eigenvalue weighted by atomic mass is 32.2. The van der Waals surface area contributed by atoms with E-state index in [1.165, 1.54) is 0 Å². The highest BCUT2D eigenvalue weighted by Gasteiger charge is 2.02. The van der Waals surface area contributed by atoms with Gasteiger partial charge in [0.15, 0.2) is 0 Å². The Morgan fingerprint density at radius 2 is 1.92 bits per heavy atom. The van der Waals surface area contributed by atoms with Crippen molar-refractivity contribution in [2.24, 2.45) is 0 Å². The van der Waals surface area contributed by atoms with Crippen LogP contribution in [-0.4, -0.2) is 23.8 Å². The van der Waals surface area contributed by atoms with Gasteiger partial charge in [0.25, 0.3) is 0 Å². The van der Waals surface area contributed by atoms with Crippen LogP contribution in [0.1, 0.15) is 20.3 Å². The summed E-state index contributed by atoms with van der Waals surface area (Å²) in [5.41, 5.74) is 0. The van der Waals surface area contributed by atoms with Crippen molar-refractivity contribution in [3.05, 3.63) is 0 Å². The maximum absolute atomic E-state index is 10.7. The van der Waals surface area contributed by atoms with E-state index < -0.39 is 5.30 Å². The van der Waals surface area contributed by atoms with Crippen LogP contribution in [0.3, 0.4) is 0 Å². The topological polar surface area (TPSA) is 52.6 Å². The van der Waals surface area contributed by atoms with Crippen LogP contribution in [0.5, 0.6) is 0 Å². The number of carbonyl (C=O) groups is 2. The third kappa shape index (κ3) is 6.03. The van der Waals surface area contributed by atoms with Crippen LogP contribution in [0.2, 0.25) is 0 Å². The molecule has 0 aromatic rings. The monoisotopic (exact) mass is 192 g/mol. The first-order chi connectivity index (χ1) is 5.70. The van der Waals surface area contributed by atoms with Crippen molar-refractivity contribution in [1.82, 2.24) is 0 Å². The predicted molar refractivity (Wildman–Crippen MR) is 45.9 cm³/mol. The average Bonchev–Trinajstić information content (AvgIpc) is 2.04. The number of thioether (sulfide) groups is 1. The molecule has 0 rings (SSSR count). The quantitative estimate of drug-likeness (QED) is 0.502. The second kappa shape index (κ2) is 6.97. The minimum absolute atomic E-state index is 0.279. The number of carbonyl (C=O) groups excluding carboxylic acids is 2. The van der Waals surface area contributed by atoms with E-state index in [0.717, 1.165) is 11.8 Å². The molecule has 0 spiro atoms. The Morgan fingerprint density at radius 3 is 2.42 bits per heavy atom. The summed E-state index contributed by atoms with van der Waals surface area (Å²) >= 11 is 1.04. The van der Waals surface area contributed by atoms with Gasteiger partial charge in [-0.25, -0.2) is 4.79 Å². The fourth-order valence-electron chi connectivity index (χ4n) is 0.405. The normalized spacial score (nSPS) is 9.17. The number of ether oxygens (including phenoxy) is 2. The van der Waals surface area contributed by atoms with Crippen molar-refractivity contribution in [3.8, 4) is 0 Å². The SMILES string of the molecule is CCSC(=O)OCOC(=O)CC. The predicted octanol–water partition coefficient (Wildman–Crippen LogP) is 1.79. The van der Waals surface area contributed by atoms with Gasteiger partial charge in [-0.15, -0.1) is 0 Å². The van der Waals surface area contributed by atoms with E-state index in [2.05, 4.69) is 9.47 Å². The van der Waals surface area contributed by atoms with Gasteiger partial charge < -0.3 is 9.47 Å². The zero-order valence-corrected chi connectivity index (χ0v) is 7.98. The molecule has 0 aromatic carbocycles. The van der Waals surface area contributed by atoms with Crippen LogP contribution >= 0.6 is 11.8 Å². The van der Waals surface area contributed by atoms with E-state index in [4.69, 9.17) is 0 Å². The lowest BCUT2D eigenvalue weighted by atomic mass is 10.5.